The minimum atomic E-state index is -0.860. The van der Waals surface area contributed by atoms with Gasteiger partial charge in [-0.05, 0) is 42.8 Å². The summed E-state index contributed by atoms with van der Waals surface area (Å²) in [5.74, 6) is -0.0240. The molecule has 0 saturated carbocycles. The van der Waals surface area contributed by atoms with Crippen LogP contribution in [0, 0.1) is 0 Å². The Labute approximate surface area is 186 Å². The topological polar surface area (TPSA) is 65.5 Å². The number of fused-ring (bicyclic) bond motifs is 1. The molecule has 0 unspecified atom stereocenters. The standard InChI is InChI=1S/C27H23NO4/c1-3-25(26(29)19-9-5-4-6-10-19)32-27(30)22-17-24(18-13-15-20(31-2)16-14-18)28-23-12-8-7-11-21(22)23/h4-17,25H,3H2,1-2H3/t25-/m0/s1. The lowest BCUT2D eigenvalue weighted by atomic mass is 10.0. The van der Waals surface area contributed by atoms with Crippen LogP contribution in [0.2, 0.25) is 0 Å². The van der Waals surface area contributed by atoms with Gasteiger partial charge in [-0.1, -0.05) is 55.5 Å². The van der Waals surface area contributed by atoms with Gasteiger partial charge in [0.2, 0.25) is 5.78 Å². The number of nitrogens with zero attached hydrogens (tertiary/aromatic N) is 1. The Hall–Kier alpha value is -3.99. The lowest BCUT2D eigenvalue weighted by Gasteiger charge is -2.16. The number of Topliss-reactive ketones (excluding diaryl/α,β-unsaturated/α-hetero) is 1. The molecule has 0 aliphatic carbocycles. The molecule has 0 radical (unpaired) electrons. The highest BCUT2D eigenvalue weighted by Crippen LogP contribution is 2.27. The molecule has 32 heavy (non-hydrogen) atoms. The van der Waals surface area contributed by atoms with Gasteiger partial charge in [-0.2, -0.15) is 0 Å². The zero-order valence-electron chi connectivity index (χ0n) is 17.9. The number of benzene rings is 3. The predicted octanol–water partition coefficient (Wildman–Crippen LogP) is 5.73. The van der Waals surface area contributed by atoms with Gasteiger partial charge in [-0.25, -0.2) is 9.78 Å². The molecule has 1 heterocycles. The molecular weight excluding hydrogens is 402 g/mol. The molecule has 0 amide bonds. The van der Waals surface area contributed by atoms with Crippen molar-refractivity contribution in [3.05, 3.63) is 96.1 Å². The van der Waals surface area contributed by atoms with Crippen LogP contribution >= 0.6 is 0 Å². The van der Waals surface area contributed by atoms with E-state index in [-0.39, 0.29) is 5.78 Å². The van der Waals surface area contributed by atoms with Crippen LogP contribution < -0.4 is 4.74 Å². The van der Waals surface area contributed by atoms with E-state index in [1.54, 1.807) is 37.4 Å². The van der Waals surface area contributed by atoms with Crippen LogP contribution in [-0.4, -0.2) is 30.0 Å². The second-order valence-electron chi connectivity index (χ2n) is 7.33. The second-order valence-corrected chi connectivity index (χ2v) is 7.33. The maximum Gasteiger partial charge on any atom is 0.339 e. The molecule has 0 aliphatic rings. The molecule has 0 fully saturated rings. The maximum absolute atomic E-state index is 13.2. The fourth-order valence-electron chi connectivity index (χ4n) is 3.56. The first-order chi connectivity index (χ1) is 15.6. The van der Waals surface area contributed by atoms with Gasteiger partial charge in [0.1, 0.15) is 5.75 Å². The van der Waals surface area contributed by atoms with Crippen molar-refractivity contribution in [2.24, 2.45) is 0 Å². The number of ether oxygens (including phenoxy) is 2. The second kappa shape index (κ2) is 9.43. The zero-order valence-corrected chi connectivity index (χ0v) is 17.9. The van der Waals surface area contributed by atoms with E-state index < -0.39 is 12.1 Å². The van der Waals surface area contributed by atoms with Crippen LogP contribution in [0.5, 0.6) is 5.75 Å². The average Bonchev–Trinajstić information content (AvgIpc) is 2.86. The normalized spacial score (nSPS) is 11.7. The van der Waals surface area contributed by atoms with Gasteiger partial charge >= 0.3 is 5.97 Å². The van der Waals surface area contributed by atoms with Gasteiger partial charge in [0.05, 0.1) is 23.9 Å². The van der Waals surface area contributed by atoms with E-state index in [0.717, 1.165) is 11.3 Å². The van der Waals surface area contributed by atoms with Gasteiger partial charge in [0, 0.05) is 16.5 Å². The van der Waals surface area contributed by atoms with Crippen molar-refractivity contribution in [2.75, 3.05) is 7.11 Å². The smallest absolute Gasteiger partial charge is 0.339 e. The fourth-order valence-corrected chi connectivity index (χ4v) is 3.56. The third-order valence-corrected chi connectivity index (χ3v) is 5.29. The van der Waals surface area contributed by atoms with E-state index in [1.807, 2.05) is 61.5 Å². The van der Waals surface area contributed by atoms with Crippen LogP contribution in [0.1, 0.15) is 34.1 Å². The van der Waals surface area contributed by atoms with Gasteiger partial charge < -0.3 is 9.47 Å². The van der Waals surface area contributed by atoms with Crippen molar-refractivity contribution in [2.45, 2.75) is 19.4 Å². The molecule has 4 aromatic rings. The third kappa shape index (κ3) is 4.37. The Kier molecular flexibility index (Phi) is 6.26. The fraction of sp³-hybridized carbons (Fsp3) is 0.148. The van der Waals surface area contributed by atoms with E-state index in [9.17, 15) is 9.59 Å². The first-order valence-corrected chi connectivity index (χ1v) is 10.4. The summed E-state index contributed by atoms with van der Waals surface area (Å²) in [5, 5.41) is 0.678. The van der Waals surface area contributed by atoms with E-state index in [0.29, 0.717) is 34.1 Å². The van der Waals surface area contributed by atoms with Crippen LogP contribution in [0.15, 0.2) is 84.9 Å². The molecule has 0 bridgehead atoms. The van der Waals surface area contributed by atoms with Gasteiger partial charge in [0.15, 0.2) is 6.10 Å². The van der Waals surface area contributed by atoms with Crippen molar-refractivity contribution in [3.63, 3.8) is 0 Å². The third-order valence-electron chi connectivity index (χ3n) is 5.29. The molecule has 5 heteroatoms. The van der Waals surface area contributed by atoms with Crippen LogP contribution in [0.3, 0.4) is 0 Å². The molecule has 160 valence electrons. The first kappa shape index (κ1) is 21.2. The summed E-state index contributed by atoms with van der Waals surface area (Å²) in [6.07, 6.45) is -0.477. The van der Waals surface area contributed by atoms with Crippen molar-refractivity contribution in [3.8, 4) is 17.0 Å². The summed E-state index contributed by atoms with van der Waals surface area (Å²) in [7, 11) is 1.61. The van der Waals surface area contributed by atoms with Crippen molar-refractivity contribution in [1.82, 2.24) is 4.98 Å². The number of hydrogen-bond donors (Lipinski definition) is 0. The predicted molar refractivity (Wildman–Crippen MR) is 124 cm³/mol. The molecule has 4 rings (SSSR count). The number of ketones is 1. The highest BCUT2D eigenvalue weighted by molar-refractivity contribution is 6.06. The molecular formula is C27H23NO4. The number of methoxy groups -OCH3 is 1. The van der Waals surface area contributed by atoms with Crippen molar-refractivity contribution < 1.29 is 19.1 Å². The maximum atomic E-state index is 13.2. The molecule has 1 aromatic heterocycles. The minimum Gasteiger partial charge on any atom is -0.497 e. The van der Waals surface area contributed by atoms with Gasteiger partial charge in [-0.3, -0.25) is 4.79 Å². The zero-order chi connectivity index (χ0) is 22.5. The Morgan fingerprint density at radius 3 is 2.28 bits per heavy atom. The highest BCUT2D eigenvalue weighted by Gasteiger charge is 2.24. The van der Waals surface area contributed by atoms with Crippen molar-refractivity contribution >= 4 is 22.7 Å². The summed E-state index contributed by atoms with van der Waals surface area (Å²) in [6, 6.07) is 25.4. The molecule has 5 nitrogen and oxygen atoms in total. The molecule has 0 aliphatic heterocycles. The Morgan fingerprint density at radius 1 is 0.906 bits per heavy atom. The highest BCUT2D eigenvalue weighted by atomic mass is 16.5. The SMILES string of the molecule is CC[C@H](OC(=O)c1cc(-c2ccc(OC)cc2)nc2ccccc12)C(=O)c1ccccc1. The summed E-state index contributed by atoms with van der Waals surface area (Å²) in [6.45, 7) is 1.83. The monoisotopic (exact) mass is 425 g/mol. The lowest BCUT2D eigenvalue weighted by Crippen LogP contribution is -2.27. The largest absolute Gasteiger partial charge is 0.497 e. The number of hydrogen-bond acceptors (Lipinski definition) is 5. The number of rotatable bonds is 7. The average molecular weight is 425 g/mol. The van der Waals surface area contributed by atoms with Crippen LogP contribution in [-0.2, 0) is 4.74 Å². The minimum absolute atomic E-state index is 0.213. The summed E-state index contributed by atoms with van der Waals surface area (Å²) in [4.78, 5) is 30.8. The molecule has 0 spiro atoms. The lowest BCUT2D eigenvalue weighted by molar-refractivity contribution is 0.0279. The number of carbonyl (C=O) groups is 2. The molecule has 3 aromatic carbocycles. The number of esters is 1. The molecule has 0 N–H and O–H groups in total. The van der Waals surface area contributed by atoms with E-state index in [2.05, 4.69) is 0 Å². The van der Waals surface area contributed by atoms with Crippen LogP contribution in [0.25, 0.3) is 22.2 Å². The van der Waals surface area contributed by atoms with Crippen molar-refractivity contribution in [1.29, 1.82) is 0 Å². The Bertz CT molecular complexity index is 1250. The number of para-hydroxylation sites is 1. The van der Waals surface area contributed by atoms with Crippen LogP contribution in [0.4, 0.5) is 0 Å². The van der Waals surface area contributed by atoms with E-state index >= 15 is 0 Å². The first-order valence-electron chi connectivity index (χ1n) is 10.4. The Balaban J connectivity index is 1.70. The summed E-state index contributed by atoms with van der Waals surface area (Å²) < 4.78 is 10.9. The van der Waals surface area contributed by atoms with E-state index in [1.165, 1.54) is 0 Å². The quantitative estimate of drug-likeness (QED) is 0.279. The summed E-state index contributed by atoms with van der Waals surface area (Å²) in [5.41, 5.74) is 3.06. The number of carbonyl (C=O) groups excluding carboxylic acids is 2. The van der Waals surface area contributed by atoms with E-state index in [4.69, 9.17) is 14.5 Å². The molecule has 1 atom stereocenters. The van der Waals surface area contributed by atoms with Gasteiger partial charge in [0.25, 0.3) is 0 Å². The summed E-state index contributed by atoms with van der Waals surface area (Å²) >= 11 is 0. The number of aromatic nitrogens is 1. The molecule has 0 saturated heterocycles. The Morgan fingerprint density at radius 2 is 1.59 bits per heavy atom. The number of pyridine rings is 1. The van der Waals surface area contributed by atoms with Gasteiger partial charge in [-0.15, -0.1) is 0 Å².